The Labute approximate surface area is 110 Å². The van der Waals surface area contributed by atoms with E-state index in [1.807, 2.05) is 0 Å². The SMILES string of the molecule is COCCOCCOCCOC1CCCC(N)C1. The molecule has 0 heterocycles. The first kappa shape index (κ1) is 15.9. The number of rotatable bonds is 10. The largest absolute Gasteiger partial charge is 0.382 e. The average Bonchev–Trinajstić information content (AvgIpc) is 2.37. The first-order chi connectivity index (χ1) is 8.83. The zero-order valence-corrected chi connectivity index (χ0v) is 11.4. The predicted molar refractivity (Wildman–Crippen MR) is 69.7 cm³/mol. The van der Waals surface area contributed by atoms with Crippen molar-refractivity contribution in [2.24, 2.45) is 5.73 Å². The molecule has 0 aromatic heterocycles. The second kappa shape index (κ2) is 10.7. The van der Waals surface area contributed by atoms with Crippen LogP contribution in [-0.4, -0.2) is 58.9 Å². The summed E-state index contributed by atoms with van der Waals surface area (Å²) in [5, 5.41) is 0. The van der Waals surface area contributed by atoms with Crippen LogP contribution in [0.2, 0.25) is 0 Å². The Hall–Kier alpha value is -0.200. The van der Waals surface area contributed by atoms with Gasteiger partial charge in [0.15, 0.2) is 0 Å². The molecule has 0 aromatic carbocycles. The molecule has 1 saturated carbocycles. The monoisotopic (exact) mass is 261 g/mol. The summed E-state index contributed by atoms with van der Waals surface area (Å²) in [5.41, 5.74) is 5.90. The molecule has 0 spiro atoms. The maximum absolute atomic E-state index is 5.90. The molecule has 0 aliphatic heterocycles. The summed E-state index contributed by atoms with van der Waals surface area (Å²) in [6.07, 6.45) is 4.76. The molecule has 1 aliphatic rings. The number of ether oxygens (including phenoxy) is 4. The fourth-order valence-corrected chi connectivity index (χ4v) is 2.07. The molecule has 18 heavy (non-hydrogen) atoms. The van der Waals surface area contributed by atoms with Gasteiger partial charge >= 0.3 is 0 Å². The summed E-state index contributed by atoms with van der Waals surface area (Å²) in [6.45, 7) is 3.74. The Morgan fingerprint density at radius 2 is 1.61 bits per heavy atom. The third-order valence-corrected chi connectivity index (χ3v) is 3.05. The Bertz CT molecular complexity index is 192. The highest BCUT2D eigenvalue weighted by molar-refractivity contribution is 4.75. The molecule has 2 unspecified atom stereocenters. The highest BCUT2D eigenvalue weighted by atomic mass is 16.6. The summed E-state index contributed by atoms with van der Waals surface area (Å²) in [5.74, 6) is 0. The van der Waals surface area contributed by atoms with E-state index in [0.717, 1.165) is 19.3 Å². The summed E-state index contributed by atoms with van der Waals surface area (Å²) < 4.78 is 21.3. The molecule has 1 aliphatic carbocycles. The van der Waals surface area contributed by atoms with Crippen molar-refractivity contribution >= 4 is 0 Å². The van der Waals surface area contributed by atoms with E-state index in [4.69, 9.17) is 24.7 Å². The van der Waals surface area contributed by atoms with Crippen LogP contribution in [0.15, 0.2) is 0 Å². The average molecular weight is 261 g/mol. The molecule has 0 radical (unpaired) electrons. The van der Waals surface area contributed by atoms with Crippen LogP contribution in [-0.2, 0) is 18.9 Å². The summed E-state index contributed by atoms with van der Waals surface area (Å²) in [6, 6.07) is 0.318. The molecule has 1 fully saturated rings. The van der Waals surface area contributed by atoms with E-state index in [1.165, 1.54) is 6.42 Å². The molecule has 5 nitrogen and oxygen atoms in total. The second-order valence-corrected chi connectivity index (χ2v) is 4.64. The Morgan fingerprint density at radius 1 is 0.944 bits per heavy atom. The number of hydrogen-bond acceptors (Lipinski definition) is 5. The first-order valence-corrected chi connectivity index (χ1v) is 6.84. The molecule has 2 N–H and O–H groups in total. The fraction of sp³-hybridized carbons (Fsp3) is 1.00. The zero-order valence-electron chi connectivity index (χ0n) is 11.4. The van der Waals surface area contributed by atoms with Crippen LogP contribution >= 0.6 is 0 Å². The van der Waals surface area contributed by atoms with Crippen LogP contribution in [0.1, 0.15) is 25.7 Å². The van der Waals surface area contributed by atoms with Gasteiger partial charge in [-0.05, 0) is 25.7 Å². The molecule has 108 valence electrons. The van der Waals surface area contributed by atoms with E-state index in [9.17, 15) is 0 Å². The first-order valence-electron chi connectivity index (χ1n) is 6.84. The second-order valence-electron chi connectivity index (χ2n) is 4.64. The molecular weight excluding hydrogens is 234 g/mol. The molecule has 0 saturated heterocycles. The van der Waals surface area contributed by atoms with Gasteiger partial charge in [-0.15, -0.1) is 0 Å². The van der Waals surface area contributed by atoms with Crippen LogP contribution in [0, 0.1) is 0 Å². The molecular formula is C13H27NO4. The van der Waals surface area contributed by atoms with E-state index in [2.05, 4.69) is 0 Å². The molecule has 2 atom stereocenters. The summed E-state index contributed by atoms with van der Waals surface area (Å²) >= 11 is 0. The van der Waals surface area contributed by atoms with Crippen LogP contribution in [0.25, 0.3) is 0 Å². The highest BCUT2D eigenvalue weighted by Gasteiger charge is 2.19. The third kappa shape index (κ3) is 8.00. The maximum Gasteiger partial charge on any atom is 0.0704 e. The van der Waals surface area contributed by atoms with Crippen molar-refractivity contribution in [1.29, 1.82) is 0 Å². The van der Waals surface area contributed by atoms with Gasteiger partial charge in [-0.3, -0.25) is 0 Å². The third-order valence-electron chi connectivity index (χ3n) is 3.05. The molecule has 5 heteroatoms. The lowest BCUT2D eigenvalue weighted by molar-refractivity contribution is -0.0272. The quantitative estimate of drug-likeness (QED) is 0.593. The number of methoxy groups -OCH3 is 1. The Morgan fingerprint density at radius 3 is 2.28 bits per heavy atom. The van der Waals surface area contributed by atoms with Gasteiger partial charge in [0.1, 0.15) is 0 Å². The number of nitrogens with two attached hydrogens (primary N) is 1. The number of hydrogen-bond donors (Lipinski definition) is 1. The van der Waals surface area contributed by atoms with Gasteiger partial charge in [-0.2, -0.15) is 0 Å². The van der Waals surface area contributed by atoms with Crippen molar-refractivity contribution in [3.05, 3.63) is 0 Å². The minimum atomic E-state index is 0.318. The minimum absolute atomic E-state index is 0.318. The van der Waals surface area contributed by atoms with Crippen LogP contribution < -0.4 is 5.73 Å². The molecule has 0 bridgehead atoms. The predicted octanol–water partition coefficient (Wildman–Crippen LogP) is 0.953. The maximum atomic E-state index is 5.90. The lowest BCUT2D eigenvalue weighted by Crippen LogP contribution is -2.32. The minimum Gasteiger partial charge on any atom is -0.382 e. The topological polar surface area (TPSA) is 62.9 Å². The Kier molecular flexibility index (Phi) is 9.42. The van der Waals surface area contributed by atoms with E-state index in [1.54, 1.807) is 7.11 Å². The Balaban J connectivity index is 1.80. The van der Waals surface area contributed by atoms with Crippen molar-refractivity contribution in [2.45, 2.75) is 37.8 Å². The van der Waals surface area contributed by atoms with E-state index < -0.39 is 0 Å². The smallest absolute Gasteiger partial charge is 0.0704 e. The van der Waals surface area contributed by atoms with Gasteiger partial charge in [0.2, 0.25) is 0 Å². The summed E-state index contributed by atoms with van der Waals surface area (Å²) in [4.78, 5) is 0. The van der Waals surface area contributed by atoms with Crippen LogP contribution in [0.4, 0.5) is 0 Å². The molecule has 1 rings (SSSR count). The van der Waals surface area contributed by atoms with Gasteiger partial charge in [-0.1, -0.05) is 0 Å². The summed E-state index contributed by atoms with van der Waals surface area (Å²) in [7, 11) is 1.66. The highest BCUT2D eigenvalue weighted by Crippen LogP contribution is 2.19. The lowest BCUT2D eigenvalue weighted by Gasteiger charge is -2.26. The normalized spacial score (nSPS) is 24.3. The fourth-order valence-electron chi connectivity index (χ4n) is 2.07. The van der Waals surface area contributed by atoms with Crippen LogP contribution in [0.5, 0.6) is 0 Å². The van der Waals surface area contributed by atoms with Crippen molar-refractivity contribution in [2.75, 3.05) is 46.8 Å². The van der Waals surface area contributed by atoms with Gasteiger partial charge in [0, 0.05) is 13.2 Å². The standard InChI is InChI=1S/C13H27NO4/c1-15-5-6-16-7-8-17-9-10-18-13-4-2-3-12(14)11-13/h12-13H,2-11,14H2,1H3. The van der Waals surface area contributed by atoms with Crippen LogP contribution in [0.3, 0.4) is 0 Å². The molecule has 0 amide bonds. The lowest BCUT2D eigenvalue weighted by atomic mass is 9.94. The van der Waals surface area contributed by atoms with E-state index in [0.29, 0.717) is 51.8 Å². The van der Waals surface area contributed by atoms with E-state index in [-0.39, 0.29) is 0 Å². The van der Waals surface area contributed by atoms with Crippen molar-refractivity contribution in [3.63, 3.8) is 0 Å². The van der Waals surface area contributed by atoms with Gasteiger partial charge in [0.05, 0.1) is 45.7 Å². The van der Waals surface area contributed by atoms with Crippen molar-refractivity contribution in [1.82, 2.24) is 0 Å². The molecule has 0 aromatic rings. The van der Waals surface area contributed by atoms with E-state index >= 15 is 0 Å². The van der Waals surface area contributed by atoms with Crippen molar-refractivity contribution < 1.29 is 18.9 Å². The zero-order chi connectivity index (χ0) is 13.1. The van der Waals surface area contributed by atoms with Gasteiger partial charge < -0.3 is 24.7 Å². The van der Waals surface area contributed by atoms with Gasteiger partial charge in [0.25, 0.3) is 0 Å². The van der Waals surface area contributed by atoms with Crippen molar-refractivity contribution in [3.8, 4) is 0 Å². The van der Waals surface area contributed by atoms with Gasteiger partial charge in [-0.25, -0.2) is 0 Å².